The minimum absolute atomic E-state index is 0.549. The van der Waals surface area contributed by atoms with E-state index in [9.17, 15) is 0 Å². The molecule has 0 fully saturated rings. The van der Waals surface area contributed by atoms with Crippen molar-refractivity contribution in [2.75, 3.05) is 0 Å². The van der Waals surface area contributed by atoms with E-state index in [0.717, 1.165) is 5.01 Å². The van der Waals surface area contributed by atoms with E-state index in [2.05, 4.69) is 15.2 Å². The first-order chi connectivity index (χ1) is 4.79. The van der Waals surface area contributed by atoms with Crippen LogP contribution in [0.5, 0.6) is 0 Å². The van der Waals surface area contributed by atoms with Gasteiger partial charge in [-0.25, -0.2) is 0 Å². The highest BCUT2D eigenvalue weighted by atomic mass is 32.1. The molecule has 0 amide bonds. The Labute approximate surface area is 62.8 Å². The van der Waals surface area contributed by atoms with Gasteiger partial charge in [0.1, 0.15) is 10.5 Å². The fourth-order valence-electron chi connectivity index (χ4n) is 0.457. The number of hydrogen-bond donors (Lipinski definition) is 1. The van der Waals surface area contributed by atoms with Crippen molar-refractivity contribution < 1.29 is 0 Å². The van der Waals surface area contributed by atoms with Crippen LogP contribution in [0.4, 0.5) is 0 Å². The van der Waals surface area contributed by atoms with Crippen LogP contribution in [-0.2, 0) is 6.54 Å². The van der Waals surface area contributed by atoms with Crippen LogP contribution in [0.25, 0.3) is 0 Å². The minimum Gasteiger partial charge on any atom is -0.388 e. The summed E-state index contributed by atoms with van der Waals surface area (Å²) < 4.78 is 0. The number of rotatable bonds is 2. The van der Waals surface area contributed by atoms with Crippen LogP contribution in [0.2, 0.25) is 0 Å². The van der Waals surface area contributed by atoms with Crippen molar-refractivity contribution in [3.8, 4) is 0 Å². The Balaban J connectivity index is 2.49. The Morgan fingerprint density at radius 3 is 3.20 bits per heavy atom. The van der Waals surface area contributed by atoms with E-state index < -0.39 is 0 Å². The highest BCUT2D eigenvalue weighted by Gasteiger charge is 1.92. The van der Waals surface area contributed by atoms with Crippen LogP contribution in [0.15, 0.2) is 10.5 Å². The molecule has 0 saturated heterocycles. The Morgan fingerprint density at radius 1 is 1.90 bits per heavy atom. The summed E-state index contributed by atoms with van der Waals surface area (Å²) >= 11 is 1.48. The molecule has 0 saturated carbocycles. The van der Waals surface area contributed by atoms with Gasteiger partial charge in [0, 0.05) is 0 Å². The lowest BCUT2D eigenvalue weighted by atomic mass is 10.6. The summed E-state index contributed by atoms with van der Waals surface area (Å²) in [5, 5.41) is 8.35. The fraction of sp³-hybridized carbons (Fsp3) is 0.400. The molecule has 0 unspecified atom stereocenters. The molecule has 4 nitrogen and oxygen atoms in total. The van der Waals surface area contributed by atoms with Gasteiger partial charge in [-0.3, -0.25) is 4.99 Å². The lowest BCUT2D eigenvalue weighted by molar-refractivity contribution is 0.955. The largest absolute Gasteiger partial charge is 0.388 e. The normalized spacial score (nSPS) is 11.9. The van der Waals surface area contributed by atoms with Crippen molar-refractivity contribution in [1.82, 2.24) is 10.2 Å². The van der Waals surface area contributed by atoms with Gasteiger partial charge in [0.15, 0.2) is 0 Å². The number of nitrogens with two attached hydrogens (primary N) is 1. The van der Waals surface area contributed by atoms with Gasteiger partial charge in [-0.15, -0.1) is 21.5 Å². The standard InChI is InChI=1S/C5H8N4S/c1-4(6)7-2-5-9-8-3-10-5/h3H,2H2,1H3,(H2,6,7). The summed E-state index contributed by atoms with van der Waals surface area (Å²) in [6.45, 7) is 2.30. The summed E-state index contributed by atoms with van der Waals surface area (Å²) in [6.07, 6.45) is 0. The fourth-order valence-corrected chi connectivity index (χ4v) is 0.906. The molecule has 0 aromatic carbocycles. The maximum atomic E-state index is 5.32. The van der Waals surface area contributed by atoms with E-state index in [-0.39, 0.29) is 0 Å². The zero-order valence-corrected chi connectivity index (χ0v) is 6.43. The zero-order valence-electron chi connectivity index (χ0n) is 5.61. The Bertz CT molecular complexity index is 212. The Morgan fingerprint density at radius 2 is 2.70 bits per heavy atom. The summed E-state index contributed by atoms with van der Waals surface area (Å²) in [6, 6.07) is 0. The Hall–Kier alpha value is -0.970. The maximum absolute atomic E-state index is 5.32. The van der Waals surface area contributed by atoms with Crippen molar-refractivity contribution in [3.05, 3.63) is 10.5 Å². The SMILES string of the molecule is CC(N)=NCc1nncs1. The topological polar surface area (TPSA) is 64.2 Å². The zero-order chi connectivity index (χ0) is 7.40. The molecule has 5 heteroatoms. The van der Waals surface area contributed by atoms with E-state index in [0.29, 0.717) is 12.4 Å². The second-order valence-electron chi connectivity index (χ2n) is 1.79. The molecule has 0 spiro atoms. The molecule has 0 radical (unpaired) electrons. The third-order valence-corrected chi connectivity index (χ3v) is 1.55. The molecule has 10 heavy (non-hydrogen) atoms. The van der Waals surface area contributed by atoms with Crippen molar-refractivity contribution >= 4 is 17.2 Å². The molecule has 1 rings (SSSR count). The summed E-state index contributed by atoms with van der Waals surface area (Å²) in [5.41, 5.74) is 6.99. The van der Waals surface area contributed by atoms with Crippen molar-refractivity contribution in [2.45, 2.75) is 13.5 Å². The number of amidine groups is 1. The maximum Gasteiger partial charge on any atom is 0.138 e. The number of hydrogen-bond acceptors (Lipinski definition) is 4. The molecule has 0 bridgehead atoms. The summed E-state index contributed by atoms with van der Waals surface area (Å²) in [5.74, 6) is 0.579. The van der Waals surface area contributed by atoms with Gasteiger partial charge in [0.05, 0.1) is 12.4 Å². The van der Waals surface area contributed by atoms with E-state index >= 15 is 0 Å². The van der Waals surface area contributed by atoms with Crippen LogP contribution < -0.4 is 5.73 Å². The van der Waals surface area contributed by atoms with E-state index in [1.807, 2.05) is 0 Å². The quantitative estimate of drug-likeness (QED) is 0.498. The third-order valence-electron chi connectivity index (χ3n) is 0.869. The van der Waals surface area contributed by atoms with Crippen molar-refractivity contribution in [2.24, 2.45) is 10.7 Å². The second kappa shape index (κ2) is 3.26. The van der Waals surface area contributed by atoms with Crippen molar-refractivity contribution in [1.29, 1.82) is 0 Å². The third kappa shape index (κ3) is 2.10. The minimum atomic E-state index is 0.549. The molecule has 1 aromatic heterocycles. The first kappa shape index (κ1) is 7.14. The molecule has 0 atom stereocenters. The first-order valence-electron chi connectivity index (χ1n) is 2.80. The second-order valence-corrected chi connectivity index (χ2v) is 2.71. The van der Waals surface area contributed by atoms with Crippen LogP contribution in [0, 0.1) is 0 Å². The molecular weight excluding hydrogens is 148 g/mol. The van der Waals surface area contributed by atoms with Gasteiger partial charge in [-0.2, -0.15) is 0 Å². The lowest BCUT2D eigenvalue weighted by Gasteiger charge is -1.87. The average Bonchev–Trinajstić information content (AvgIpc) is 2.34. The first-order valence-corrected chi connectivity index (χ1v) is 3.68. The van der Waals surface area contributed by atoms with Gasteiger partial charge >= 0.3 is 0 Å². The van der Waals surface area contributed by atoms with Crippen LogP contribution in [0.1, 0.15) is 11.9 Å². The lowest BCUT2D eigenvalue weighted by Crippen LogP contribution is -2.05. The number of aliphatic imine (C=N–C) groups is 1. The van der Waals surface area contributed by atoms with E-state index in [4.69, 9.17) is 5.73 Å². The molecule has 1 heterocycles. The monoisotopic (exact) mass is 156 g/mol. The van der Waals surface area contributed by atoms with Gasteiger partial charge in [0.2, 0.25) is 0 Å². The molecule has 54 valence electrons. The molecule has 0 aliphatic rings. The summed E-state index contributed by atoms with van der Waals surface area (Å²) in [7, 11) is 0. The van der Waals surface area contributed by atoms with Gasteiger partial charge < -0.3 is 5.73 Å². The van der Waals surface area contributed by atoms with Crippen LogP contribution in [-0.4, -0.2) is 16.0 Å². The predicted octanol–water partition coefficient (Wildman–Crippen LogP) is 0.415. The molecule has 0 aliphatic carbocycles. The molecule has 1 aromatic rings. The highest BCUT2D eigenvalue weighted by Crippen LogP contribution is 2.01. The highest BCUT2D eigenvalue weighted by molar-refractivity contribution is 7.09. The number of aromatic nitrogens is 2. The van der Waals surface area contributed by atoms with E-state index in [1.165, 1.54) is 11.3 Å². The number of nitrogens with zero attached hydrogens (tertiary/aromatic N) is 3. The van der Waals surface area contributed by atoms with Crippen LogP contribution >= 0.6 is 11.3 Å². The Kier molecular flexibility index (Phi) is 2.33. The van der Waals surface area contributed by atoms with Gasteiger partial charge in [0.25, 0.3) is 0 Å². The van der Waals surface area contributed by atoms with Crippen LogP contribution in [0.3, 0.4) is 0 Å². The van der Waals surface area contributed by atoms with Crippen molar-refractivity contribution in [3.63, 3.8) is 0 Å². The molecular formula is C5H8N4S. The van der Waals surface area contributed by atoms with E-state index in [1.54, 1.807) is 12.4 Å². The average molecular weight is 156 g/mol. The van der Waals surface area contributed by atoms with Gasteiger partial charge in [-0.05, 0) is 6.92 Å². The molecule has 0 aliphatic heterocycles. The molecule has 2 N–H and O–H groups in total. The predicted molar refractivity (Wildman–Crippen MR) is 40.9 cm³/mol. The summed E-state index contributed by atoms with van der Waals surface area (Å²) in [4.78, 5) is 3.97. The smallest absolute Gasteiger partial charge is 0.138 e. The van der Waals surface area contributed by atoms with Gasteiger partial charge in [-0.1, -0.05) is 0 Å².